The average Bonchev–Trinajstić information content (AvgIpc) is 2.62. The molecule has 1 saturated heterocycles. The van der Waals surface area contributed by atoms with E-state index in [0.717, 1.165) is 42.7 Å². The normalized spacial score (nSPS) is 16.4. The van der Waals surface area contributed by atoms with E-state index in [9.17, 15) is 4.79 Å². The molecule has 3 heteroatoms. The molecule has 0 spiro atoms. The number of carbonyl (C=O) groups is 1. The molecule has 3 nitrogen and oxygen atoms in total. The predicted molar refractivity (Wildman–Crippen MR) is 101 cm³/mol. The predicted octanol–water partition coefficient (Wildman–Crippen LogP) is 4.09. The van der Waals surface area contributed by atoms with Crippen LogP contribution in [-0.4, -0.2) is 25.7 Å². The molecule has 132 valence electrons. The molecule has 1 aliphatic rings. The highest BCUT2D eigenvalue weighted by Crippen LogP contribution is 2.34. The first-order valence-electron chi connectivity index (χ1n) is 9.01. The van der Waals surface area contributed by atoms with Crippen molar-refractivity contribution in [1.29, 1.82) is 0 Å². The maximum atomic E-state index is 12.8. The summed E-state index contributed by atoms with van der Waals surface area (Å²) in [6.45, 7) is 8.25. The van der Waals surface area contributed by atoms with Gasteiger partial charge in [0.2, 0.25) is 0 Å². The summed E-state index contributed by atoms with van der Waals surface area (Å²) >= 11 is 0. The van der Waals surface area contributed by atoms with Gasteiger partial charge < -0.3 is 10.1 Å². The van der Waals surface area contributed by atoms with Crippen molar-refractivity contribution >= 4 is 5.91 Å². The Morgan fingerprint density at radius 2 is 1.76 bits per heavy atom. The Hall–Kier alpha value is -2.13. The zero-order chi connectivity index (χ0) is 17.9. The number of nitrogens with one attached hydrogen (secondary N) is 1. The fraction of sp³-hybridized carbons (Fsp3) is 0.409. The third-order valence-electron chi connectivity index (χ3n) is 5.31. The molecule has 25 heavy (non-hydrogen) atoms. The molecule has 1 amide bonds. The van der Waals surface area contributed by atoms with Crippen LogP contribution in [0.4, 0.5) is 0 Å². The van der Waals surface area contributed by atoms with Gasteiger partial charge in [-0.15, -0.1) is 0 Å². The summed E-state index contributed by atoms with van der Waals surface area (Å²) in [7, 11) is 0. The molecule has 0 saturated carbocycles. The molecule has 0 aromatic heterocycles. The lowest BCUT2D eigenvalue weighted by Crippen LogP contribution is -2.44. The summed E-state index contributed by atoms with van der Waals surface area (Å²) in [6.07, 6.45) is 1.87. The third kappa shape index (κ3) is 3.93. The van der Waals surface area contributed by atoms with E-state index in [1.165, 1.54) is 11.1 Å². The smallest absolute Gasteiger partial charge is 0.251 e. The zero-order valence-corrected chi connectivity index (χ0v) is 15.4. The first kappa shape index (κ1) is 17.7. The quantitative estimate of drug-likeness (QED) is 0.912. The van der Waals surface area contributed by atoms with Crippen molar-refractivity contribution in [3.05, 3.63) is 70.3 Å². The number of aryl methyl sites for hydroxylation is 3. The highest BCUT2D eigenvalue weighted by Gasteiger charge is 2.35. The molecule has 3 rings (SSSR count). The molecular formula is C22H27NO2. The first-order chi connectivity index (χ1) is 12.0. The molecule has 1 fully saturated rings. The van der Waals surface area contributed by atoms with Crippen LogP contribution in [0.1, 0.15) is 45.5 Å². The fourth-order valence-corrected chi connectivity index (χ4v) is 3.63. The highest BCUT2D eigenvalue weighted by atomic mass is 16.5. The maximum Gasteiger partial charge on any atom is 0.251 e. The first-order valence-corrected chi connectivity index (χ1v) is 9.01. The standard InChI is InChI=1S/C22H27NO2/c1-16-5-4-6-19(13-16)22(9-11-25-12-10-22)15-23-21(24)20-14-17(2)7-8-18(20)3/h4-8,13-14H,9-12,15H2,1-3H3,(H,23,24). The van der Waals surface area contributed by atoms with E-state index >= 15 is 0 Å². The van der Waals surface area contributed by atoms with Crippen LogP contribution in [0, 0.1) is 20.8 Å². The Labute approximate surface area is 150 Å². The second-order valence-corrected chi connectivity index (χ2v) is 7.26. The molecule has 0 unspecified atom stereocenters. The Morgan fingerprint density at radius 1 is 1.04 bits per heavy atom. The van der Waals surface area contributed by atoms with Crippen molar-refractivity contribution in [2.75, 3.05) is 19.8 Å². The number of hydrogen-bond donors (Lipinski definition) is 1. The van der Waals surface area contributed by atoms with E-state index in [4.69, 9.17) is 4.74 Å². The van der Waals surface area contributed by atoms with Crippen LogP contribution < -0.4 is 5.32 Å². The molecule has 1 N–H and O–H groups in total. The highest BCUT2D eigenvalue weighted by molar-refractivity contribution is 5.95. The van der Waals surface area contributed by atoms with Gasteiger partial charge in [-0.25, -0.2) is 0 Å². The molecule has 0 radical (unpaired) electrons. The minimum absolute atomic E-state index is 0.0136. The number of carbonyl (C=O) groups excluding carboxylic acids is 1. The van der Waals surface area contributed by atoms with E-state index in [1.807, 2.05) is 32.0 Å². The van der Waals surface area contributed by atoms with Crippen LogP contribution in [0.3, 0.4) is 0 Å². The van der Waals surface area contributed by atoms with Crippen LogP contribution >= 0.6 is 0 Å². The lowest BCUT2D eigenvalue weighted by molar-refractivity contribution is 0.0487. The topological polar surface area (TPSA) is 38.3 Å². The summed E-state index contributed by atoms with van der Waals surface area (Å²) in [5.41, 5.74) is 5.40. The van der Waals surface area contributed by atoms with Gasteiger partial charge in [-0.1, -0.05) is 47.5 Å². The molecule has 0 atom stereocenters. The summed E-state index contributed by atoms with van der Waals surface area (Å²) in [5.74, 6) is 0.0136. The second-order valence-electron chi connectivity index (χ2n) is 7.26. The Kier molecular flexibility index (Phi) is 5.24. The number of ether oxygens (including phenoxy) is 1. The minimum Gasteiger partial charge on any atom is -0.381 e. The fourth-order valence-electron chi connectivity index (χ4n) is 3.63. The summed E-state index contributed by atoms with van der Waals surface area (Å²) < 4.78 is 5.59. The van der Waals surface area contributed by atoms with E-state index in [1.54, 1.807) is 0 Å². The van der Waals surface area contributed by atoms with Gasteiger partial charge in [0.25, 0.3) is 5.91 Å². The van der Waals surface area contributed by atoms with Gasteiger partial charge >= 0.3 is 0 Å². The molecule has 1 aliphatic heterocycles. The third-order valence-corrected chi connectivity index (χ3v) is 5.31. The molecule has 2 aromatic carbocycles. The zero-order valence-electron chi connectivity index (χ0n) is 15.4. The minimum atomic E-state index is -0.0440. The maximum absolute atomic E-state index is 12.8. The van der Waals surface area contributed by atoms with Gasteiger partial charge in [-0.05, 0) is 50.8 Å². The van der Waals surface area contributed by atoms with E-state index in [2.05, 4.69) is 36.5 Å². The number of rotatable bonds is 4. The van der Waals surface area contributed by atoms with Crippen molar-refractivity contribution in [2.24, 2.45) is 0 Å². The van der Waals surface area contributed by atoms with Gasteiger partial charge in [0.15, 0.2) is 0 Å². The lowest BCUT2D eigenvalue weighted by atomic mass is 9.73. The van der Waals surface area contributed by atoms with E-state index in [0.29, 0.717) is 6.54 Å². The van der Waals surface area contributed by atoms with Crippen LogP contribution in [0.5, 0.6) is 0 Å². The Balaban J connectivity index is 1.82. The van der Waals surface area contributed by atoms with Crippen molar-refractivity contribution in [3.63, 3.8) is 0 Å². The number of amides is 1. The molecular weight excluding hydrogens is 310 g/mol. The Bertz CT molecular complexity index is 760. The van der Waals surface area contributed by atoms with Crippen LogP contribution in [-0.2, 0) is 10.2 Å². The average molecular weight is 337 g/mol. The van der Waals surface area contributed by atoms with Crippen molar-refractivity contribution in [2.45, 2.75) is 39.0 Å². The summed E-state index contributed by atoms with van der Waals surface area (Å²) in [6, 6.07) is 14.7. The number of benzene rings is 2. The summed E-state index contributed by atoms with van der Waals surface area (Å²) in [5, 5.41) is 3.20. The second kappa shape index (κ2) is 7.40. The monoisotopic (exact) mass is 337 g/mol. The largest absolute Gasteiger partial charge is 0.381 e. The van der Waals surface area contributed by atoms with Gasteiger partial charge in [-0.3, -0.25) is 4.79 Å². The molecule has 2 aromatic rings. The SMILES string of the molecule is Cc1cccc(C2(CNC(=O)c3cc(C)ccc3C)CCOCC2)c1. The lowest BCUT2D eigenvalue weighted by Gasteiger charge is -2.38. The molecule has 0 bridgehead atoms. The van der Waals surface area contributed by atoms with Gasteiger partial charge in [-0.2, -0.15) is 0 Å². The van der Waals surface area contributed by atoms with E-state index in [-0.39, 0.29) is 11.3 Å². The van der Waals surface area contributed by atoms with Crippen molar-refractivity contribution < 1.29 is 9.53 Å². The van der Waals surface area contributed by atoms with Crippen molar-refractivity contribution in [3.8, 4) is 0 Å². The van der Waals surface area contributed by atoms with Gasteiger partial charge in [0.05, 0.1) is 0 Å². The van der Waals surface area contributed by atoms with Crippen LogP contribution in [0.15, 0.2) is 42.5 Å². The number of hydrogen-bond acceptors (Lipinski definition) is 2. The van der Waals surface area contributed by atoms with Gasteiger partial charge in [0, 0.05) is 30.7 Å². The molecule has 0 aliphatic carbocycles. The van der Waals surface area contributed by atoms with Crippen LogP contribution in [0.25, 0.3) is 0 Å². The van der Waals surface area contributed by atoms with Gasteiger partial charge in [0.1, 0.15) is 0 Å². The van der Waals surface area contributed by atoms with Crippen LogP contribution in [0.2, 0.25) is 0 Å². The summed E-state index contributed by atoms with van der Waals surface area (Å²) in [4.78, 5) is 12.8. The molecule has 1 heterocycles. The van der Waals surface area contributed by atoms with E-state index < -0.39 is 0 Å². The Morgan fingerprint density at radius 3 is 2.48 bits per heavy atom. The van der Waals surface area contributed by atoms with Crippen molar-refractivity contribution in [1.82, 2.24) is 5.32 Å².